The summed E-state index contributed by atoms with van der Waals surface area (Å²) in [5.41, 5.74) is 2.17. The highest BCUT2D eigenvalue weighted by atomic mass is 79.9. The fourth-order valence-corrected chi connectivity index (χ4v) is 2.49. The van der Waals surface area contributed by atoms with Crippen molar-refractivity contribution in [1.82, 2.24) is 14.8 Å². The molecule has 4 nitrogen and oxygen atoms in total. The molecule has 0 aliphatic heterocycles. The summed E-state index contributed by atoms with van der Waals surface area (Å²) in [4.78, 5) is 4.46. The molecule has 3 aromatic rings. The molecular weight excluding hydrogens is 304 g/mol. The number of nitrogens with zero attached hydrogens (tertiary/aromatic N) is 3. The first kappa shape index (κ1) is 12.2. The maximum Gasteiger partial charge on any atom is 0.148 e. The van der Waals surface area contributed by atoms with Gasteiger partial charge in [0.25, 0.3) is 0 Å². The van der Waals surface area contributed by atoms with Gasteiger partial charge in [0.2, 0.25) is 0 Å². The molecule has 2 aromatic heterocycles. The second-order valence-corrected chi connectivity index (χ2v) is 5.19. The van der Waals surface area contributed by atoms with E-state index in [-0.39, 0.29) is 0 Å². The molecule has 1 N–H and O–H groups in total. The third-order valence-electron chi connectivity index (χ3n) is 2.97. The van der Waals surface area contributed by atoms with Crippen molar-refractivity contribution in [3.05, 3.63) is 52.8 Å². The number of anilines is 1. The lowest BCUT2D eigenvalue weighted by atomic mass is 10.1. The Labute approximate surface area is 119 Å². The Balaban J connectivity index is 1.91. The molecule has 1 aromatic carbocycles. The van der Waals surface area contributed by atoms with Crippen LogP contribution in [0.4, 0.5) is 5.82 Å². The minimum Gasteiger partial charge on any atom is -0.364 e. The average molecular weight is 317 g/mol. The topological polar surface area (TPSA) is 42.7 Å². The van der Waals surface area contributed by atoms with Gasteiger partial charge in [0, 0.05) is 41.9 Å². The van der Waals surface area contributed by atoms with Gasteiger partial charge in [-0.1, -0.05) is 28.1 Å². The molecule has 0 amide bonds. The number of pyridine rings is 1. The lowest BCUT2D eigenvalue weighted by Gasteiger charge is -2.08. The predicted octanol–water partition coefficient (Wildman–Crippen LogP) is 3.34. The van der Waals surface area contributed by atoms with Gasteiger partial charge in [-0.25, -0.2) is 0 Å². The third kappa shape index (κ3) is 2.46. The van der Waals surface area contributed by atoms with Gasteiger partial charge >= 0.3 is 0 Å². The largest absolute Gasteiger partial charge is 0.364 e. The van der Waals surface area contributed by atoms with Gasteiger partial charge in [0.05, 0.1) is 5.52 Å². The van der Waals surface area contributed by atoms with Crippen molar-refractivity contribution < 1.29 is 0 Å². The summed E-state index contributed by atoms with van der Waals surface area (Å²) in [5, 5.41) is 8.73. The molecule has 19 heavy (non-hydrogen) atoms. The van der Waals surface area contributed by atoms with Gasteiger partial charge in [0.1, 0.15) is 5.82 Å². The van der Waals surface area contributed by atoms with Crippen LogP contribution in [0.1, 0.15) is 5.56 Å². The van der Waals surface area contributed by atoms with Crippen molar-refractivity contribution in [3.8, 4) is 0 Å². The molecule has 0 spiro atoms. The van der Waals surface area contributed by atoms with Crippen LogP contribution in [0.25, 0.3) is 10.9 Å². The Morgan fingerprint density at radius 3 is 2.95 bits per heavy atom. The number of aromatic nitrogens is 3. The van der Waals surface area contributed by atoms with Crippen molar-refractivity contribution in [1.29, 1.82) is 0 Å². The lowest BCUT2D eigenvalue weighted by Crippen LogP contribution is -2.02. The van der Waals surface area contributed by atoms with Crippen LogP contribution in [0.5, 0.6) is 0 Å². The molecule has 0 saturated carbocycles. The van der Waals surface area contributed by atoms with E-state index in [1.807, 2.05) is 31.6 Å². The maximum atomic E-state index is 4.46. The number of halogens is 1. The van der Waals surface area contributed by atoms with Gasteiger partial charge < -0.3 is 5.32 Å². The summed E-state index contributed by atoms with van der Waals surface area (Å²) in [6, 6.07) is 10.1. The number of hydrogen-bond donors (Lipinski definition) is 1. The van der Waals surface area contributed by atoms with Crippen molar-refractivity contribution in [3.63, 3.8) is 0 Å². The van der Waals surface area contributed by atoms with E-state index in [4.69, 9.17) is 0 Å². The van der Waals surface area contributed by atoms with Crippen LogP contribution in [0, 0.1) is 0 Å². The van der Waals surface area contributed by atoms with E-state index in [1.165, 1.54) is 0 Å². The summed E-state index contributed by atoms with van der Waals surface area (Å²) in [6.07, 6.45) is 3.74. The van der Waals surface area contributed by atoms with E-state index in [9.17, 15) is 0 Å². The van der Waals surface area contributed by atoms with E-state index < -0.39 is 0 Å². The van der Waals surface area contributed by atoms with E-state index in [0.29, 0.717) is 6.54 Å². The molecule has 0 radical (unpaired) electrons. The Morgan fingerprint density at radius 1 is 1.26 bits per heavy atom. The number of hydrogen-bond acceptors (Lipinski definition) is 3. The van der Waals surface area contributed by atoms with Crippen LogP contribution < -0.4 is 5.32 Å². The monoisotopic (exact) mass is 316 g/mol. The Kier molecular flexibility index (Phi) is 3.21. The molecule has 0 bridgehead atoms. The molecule has 0 aliphatic carbocycles. The third-order valence-corrected chi connectivity index (χ3v) is 3.67. The standard InChI is InChI=1S/C14H13BrN4/c1-19-8-6-13(18-19)17-9-10-4-5-12(15)11-3-2-7-16-14(10)11/h2-8H,9H2,1H3,(H,17,18). The highest BCUT2D eigenvalue weighted by Gasteiger charge is 2.05. The molecular formula is C14H13BrN4. The first-order chi connectivity index (χ1) is 9.24. The SMILES string of the molecule is Cn1ccc(NCc2ccc(Br)c3cccnc23)n1. The van der Waals surface area contributed by atoms with Crippen LogP contribution in [0.15, 0.2) is 47.2 Å². The lowest BCUT2D eigenvalue weighted by molar-refractivity contribution is 0.768. The van der Waals surface area contributed by atoms with Crippen LogP contribution >= 0.6 is 15.9 Å². The zero-order valence-corrected chi connectivity index (χ0v) is 12.1. The molecule has 0 fully saturated rings. The number of rotatable bonds is 3. The van der Waals surface area contributed by atoms with Crippen molar-refractivity contribution in [2.45, 2.75) is 6.54 Å². The highest BCUT2D eigenvalue weighted by molar-refractivity contribution is 9.10. The molecule has 0 unspecified atom stereocenters. The summed E-state index contributed by atoms with van der Waals surface area (Å²) in [6.45, 7) is 0.706. The fraction of sp³-hybridized carbons (Fsp3) is 0.143. The minimum atomic E-state index is 0.706. The molecule has 0 atom stereocenters. The number of nitrogens with one attached hydrogen (secondary N) is 1. The highest BCUT2D eigenvalue weighted by Crippen LogP contribution is 2.25. The average Bonchev–Trinajstić information content (AvgIpc) is 2.84. The number of fused-ring (bicyclic) bond motifs is 1. The number of aryl methyl sites for hydroxylation is 1. The van der Waals surface area contributed by atoms with E-state index in [1.54, 1.807) is 4.68 Å². The molecule has 96 valence electrons. The molecule has 0 aliphatic rings. The zero-order chi connectivity index (χ0) is 13.2. The van der Waals surface area contributed by atoms with Gasteiger partial charge in [-0.15, -0.1) is 0 Å². The van der Waals surface area contributed by atoms with Crippen LogP contribution in [0.3, 0.4) is 0 Å². The predicted molar refractivity (Wildman–Crippen MR) is 80.0 cm³/mol. The number of benzene rings is 1. The Morgan fingerprint density at radius 2 is 2.16 bits per heavy atom. The second-order valence-electron chi connectivity index (χ2n) is 4.33. The summed E-state index contributed by atoms with van der Waals surface area (Å²) < 4.78 is 2.84. The molecule has 5 heteroatoms. The summed E-state index contributed by atoms with van der Waals surface area (Å²) in [7, 11) is 1.90. The first-order valence-electron chi connectivity index (χ1n) is 5.99. The van der Waals surface area contributed by atoms with Crippen molar-refractivity contribution >= 4 is 32.7 Å². The van der Waals surface area contributed by atoms with Gasteiger partial charge in [-0.2, -0.15) is 5.10 Å². The summed E-state index contributed by atoms with van der Waals surface area (Å²) in [5.74, 6) is 0.870. The molecule has 3 rings (SSSR count). The second kappa shape index (κ2) is 5.01. The van der Waals surface area contributed by atoms with Crippen LogP contribution in [-0.2, 0) is 13.6 Å². The Bertz CT molecular complexity index is 720. The van der Waals surface area contributed by atoms with Gasteiger partial charge in [-0.3, -0.25) is 9.67 Å². The molecule has 2 heterocycles. The Hall–Kier alpha value is -1.88. The smallest absolute Gasteiger partial charge is 0.148 e. The molecule has 0 saturated heterocycles. The van der Waals surface area contributed by atoms with Crippen LogP contribution in [0.2, 0.25) is 0 Å². The first-order valence-corrected chi connectivity index (χ1v) is 6.79. The maximum absolute atomic E-state index is 4.46. The summed E-state index contributed by atoms with van der Waals surface area (Å²) >= 11 is 3.55. The van der Waals surface area contributed by atoms with Crippen LogP contribution in [-0.4, -0.2) is 14.8 Å². The van der Waals surface area contributed by atoms with Gasteiger partial charge in [-0.05, 0) is 17.7 Å². The fourth-order valence-electron chi connectivity index (χ4n) is 2.03. The zero-order valence-electron chi connectivity index (χ0n) is 10.5. The quantitative estimate of drug-likeness (QED) is 0.805. The minimum absolute atomic E-state index is 0.706. The van der Waals surface area contributed by atoms with Crippen molar-refractivity contribution in [2.24, 2.45) is 7.05 Å². The van der Waals surface area contributed by atoms with E-state index >= 15 is 0 Å². The van der Waals surface area contributed by atoms with E-state index in [0.717, 1.165) is 26.8 Å². The van der Waals surface area contributed by atoms with Gasteiger partial charge in [0.15, 0.2) is 0 Å². The normalized spacial score (nSPS) is 10.8. The van der Waals surface area contributed by atoms with Crippen molar-refractivity contribution in [2.75, 3.05) is 5.32 Å². The van der Waals surface area contributed by atoms with E-state index in [2.05, 4.69) is 49.5 Å².